The number of thioether (sulfide) groups is 1. The molecule has 0 radical (unpaired) electrons. The first kappa shape index (κ1) is 26.3. The molecule has 2 aromatic carbocycles. The molecule has 36 heavy (non-hydrogen) atoms. The van der Waals surface area contributed by atoms with Crippen LogP contribution in [0, 0.1) is 13.8 Å². The number of carbonyl (C=O) groups is 1. The van der Waals surface area contributed by atoms with Crippen LogP contribution in [-0.2, 0) is 14.8 Å². The summed E-state index contributed by atoms with van der Waals surface area (Å²) in [5.41, 5.74) is 5.16. The van der Waals surface area contributed by atoms with Crippen molar-refractivity contribution in [2.45, 2.75) is 42.4 Å². The van der Waals surface area contributed by atoms with Crippen LogP contribution < -0.4 is 5.32 Å². The Morgan fingerprint density at radius 2 is 1.81 bits per heavy atom. The largest absolute Gasteiger partial charge is 0.325 e. The Balaban J connectivity index is 1.58. The van der Waals surface area contributed by atoms with Gasteiger partial charge < -0.3 is 5.32 Å². The SMILES string of the molecule is CCC(Sc1ncnc2scc(-c3ccc(C)c(C)c3)c12)C(=O)Nc1ccc(S(=O)(=O)N(C)C)cc1. The van der Waals surface area contributed by atoms with Crippen LogP contribution in [0.4, 0.5) is 5.69 Å². The molecule has 2 heterocycles. The predicted molar refractivity (Wildman–Crippen MR) is 148 cm³/mol. The Bertz CT molecular complexity index is 1510. The van der Waals surface area contributed by atoms with Gasteiger partial charge in [0.1, 0.15) is 16.2 Å². The van der Waals surface area contributed by atoms with Gasteiger partial charge in [0.2, 0.25) is 15.9 Å². The van der Waals surface area contributed by atoms with Crippen molar-refractivity contribution >= 4 is 54.9 Å². The van der Waals surface area contributed by atoms with E-state index in [1.165, 1.54) is 49.1 Å². The molecule has 7 nitrogen and oxygen atoms in total. The lowest BCUT2D eigenvalue weighted by atomic mass is 10.0. The topological polar surface area (TPSA) is 92.3 Å². The van der Waals surface area contributed by atoms with Crippen molar-refractivity contribution in [3.63, 3.8) is 0 Å². The summed E-state index contributed by atoms with van der Waals surface area (Å²) in [7, 11) is -0.562. The van der Waals surface area contributed by atoms with Gasteiger partial charge in [-0.3, -0.25) is 4.79 Å². The molecule has 0 spiro atoms. The van der Waals surface area contributed by atoms with E-state index in [1.54, 1.807) is 29.8 Å². The van der Waals surface area contributed by atoms with Crippen molar-refractivity contribution in [3.05, 3.63) is 65.3 Å². The molecule has 0 aliphatic carbocycles. The second kappa shape index (κ2) is 10.7. The number of rotatable bonds is 8. The highest BCUT2D eigenvalue weighted by Gasteiger charge is 2.23. The zero-order valence-corrected chi connectivity index (χ0v) is 23.2. The van der Waals surface area contributed by atoms with E-state index in [1.807, 2.05) is 6.92 Å². The van der Waals surface area contributed by atoms with Crippen molar-refractivity contribution in [1.29, 1.82) is 0 Å². The van der Waals surface area contributed by atoms with Crippen molar-refractivity contribution in [1.82, 2.24) is 14.3 Å². The molecule has 10 heteroatoms. The molecule has 0 fully saturated rings. The predicted octanol–water partition coefficient (Wildman–Crippen LogP) is 5.73. The average molecular weight is 541 g/mol. The quantitative estimate of drug-likeness (QED) is 0.227. The minimum atomic E-state index is -3.53. The summed E-state index contributed by atoms with van der Waals surface area (Å²) in [5, 5.41) is 6.35. The van der Waals surface area contributed by atoms with E-state index in [-0.39, 0.29) is 16.1 Å². The van der Waals surface area contributed by atoms with Gasteiger partial charge in [0.15, 0.2) is 0 Å². The summed E-state index contributed by atoms with van der Waals surface area (Å²) >= 11 is 2.99. The van der Waals surface area contributed by atoms with Gasteiger partial charge in [-0.15, -0.1) is 11.3 Å². The van der Waals surface area contributed by atoms with Gasteiger partial charge in [-0.2, -0.15) is 0 Å². The van der Waals surface area contributed by atoms with Gasteiger partial charge in [-0.05, 0) is 61.2 Å². The van der Waals surface area contributed by atoms with Crippen LogP contribution in [0.3, 0.4) is 0 Å². The molecule has 2 aromatic heterocycles. The number of fused-ring (bicyclic) bond motifs is 1. The van der Waals surface area contributed by atoms with Gasteiger partial charge in [0.05, 0.1) is 15.5 Å². The molecule has 1 N–H and O–H groups in total. The molecule has 0 saturated carbocycles. The van der Waals surface area contributed by atoms with Crippen LogP contribution >= 0.6 is 23.1 Å². The minimum Gasteiger partial charge on any atom is -0.325 e. The van der Waals surface area contributed by atoms with Gasteiger partial charge in [0, 0.05) is 30.7 Å². The second-order valence-corrected chi connectivity index (χ2v) is 12.8. The molecule has 188 valence electrons. The first-order valence-corrected chi connectivity index (χ1v) is 14.6. The summed E-state index contributed by atoms with van der Waals surface area (Å²) in [4.78, 5) is 23.2. The third kappa shape index (κ3) is 5.31. The normalized spacial score (nSPS) is 12.7. The van der Waals surface area contributed by atoms with Crippen molar-refractivity contribution in [3.8, 4) is 11.1 Å². The molecule has 1 amide bonds. The number of benzene rings is 2. The van der Waals surface area contributed by atoms with E-state index in [4.69, 9.17) is 0 Å². The number of hydrogen-bond acceptors (Lipinski definition) is 7. The number of sulfonamides is 1. The molecular formula is C26H28N4O3S3. The fraction of sp³-hybridized carbons (Fsp3) is 0.269. The van der Waals surface area contributed by atoms with Crippen LogP contribution in [-0.4, -0.2) is 47.9 Å². The highest BCUT2D eigenvalue weighted by Crippen LogP contribution is 2.40. The molecular weight excluding hydrogens is 513 g/mol. The Morgan fingerprint density at radius 3 is 2.44 bits per heavy atom. The van der Waals surface area contributed by atoms with Crippen LogP contribution in [0.1, 0.15) is 24.5 Å². The summed E-state index contributed by atoms with van der Waals surface area (Å²) in [6, 6.07) is 12.6. The van der Waals surface area contributed by atoms with E-state index in [9.17, 15) is 13.2 Å². The number of aromatic nitrogens is 2. The first-order valence-electron chi connectivity index (χ1n) is 11.4. The van der Waals surface area contributed by atoms with E-state index < -0.39 is 10.0 Å². The summed E-state index contributed by atoms with van der Waals surface area (Å²) < 4.78 is 25.8. The lowest BCUT2D eigenvalue weighted by Crippen LogP contribution is -2.25. The number of nitrogens with zero attached hydrogens (tertiary/aromatic N) is 3. The van der Waals surface area contributed by atoms with Gasteiger partial charge in [-0.25, -0.2) is 22.7 Å². The van der Waals surface area contributed by atoms with Crippen molar-refractivity contribution in [2.24, 2.45) is 0 Å². The second-order valence-electron chi connectivity index (χ2n) is 8.62. The molecule has 1 unspecified atom stereocenters. The summed E-state index contributed by atoms with van der Waals surface area (Å²) in [5.74, 6) is -0.166. The minimum absolute atomic E-state index is 0.166. The Morgan fingerprint density at radius 1 is 1.08 bits per heavy atom. The summed E-state index contributed by atoms with van der Waals surface area (Å²) in [6.45, 7) is 6.15. The van der Waals surface area contributed by atoms with E-state index in [0.29, 0.717) is 12.1 Å². The molecule has 4 rings (SSSR count). The first-order chi connectivity index (χ1) is 17.1. The number of carbonyl (C=O) groups excluding carboxylic acids is 1. The fourth-order valence-electron chi connectivity index (χ4n) is 3.66. The highest BCUT2D eigenvalue weighted by molar-refractivity contribution is 8.00. The third-order valence-electron chi connectivity index (χ3n) is 5.97. The smallest absolute Gasteiger partial charge is 0.242 e. The van der Waals surface area contributed by atoms with Crippen molar-refractivity contribution < 1.29 is 13.2 Å². The van der Waals surface area contributed by atoms with Crippen LogP contribution in [0.2, 0.25) is 0 Å². The maximum atomic E-state index is 13.2. The zero-order valence-electron chi connectivity index (χ0n) is 20.8. The number of hydrogen-bond donors (Lipinski definition) is 1. The number of nitrogens with one attached hydrogen (secondary N) is 1. The number of aryl methyl sites for hydroxylation is 2. The molecule has 0 saturated heterocycles. The monoisotopic (exact) mass is 540 g/mol. The third-order valence-corrected chi connectivity index (χ3v) is 10.1. The molecule has 4 aromatic rings. The van der Waals surface area contributed by atoms with Crippen LogP contribution in [0.25, 0.3) is 21.3 Å². The van der Waals surface area contributed by atoms with Crippen molar-refractivity contribution in [2.75, 3.05) is 19.4 Å². The molecule has 0 bridgehead atoms. The maximum Gasteiger partial charge on any atom is 0.242 e. The number of anilines is 1. The Hall–Kier alpha value is -2.79. The van der Waals surface area contributed by atoms with Gasteiger partial charge in [-0.1, -0.05) is 36.9 Å². The summed E-state index contributed by atoms with van der Waals surface area (Å²) in [6.07, 6.45) is 2.14. The molecule has 0 aliphatic rings. The maximum absolute atomic E-state index is 13.2. The standard InChI is InChI=1S/C26H28N4O3S3/c1-6-22(24(31)29-19-9-11-20(12-10-19)36(32,33)30(4)5)35-26-23-21(14-34-25(23)27-15-28-26)18-8-7-16(2)17(3)13-18/h7-15,22H,6H2,1-5H3,(H,29,31). The average Bonchev–Trinajstić information content (AvgIpc) is 3.29. The van der Waals surface area contributed by atoms with Crippen LogP contribution in [0.15, 0.2) is 64.1 Å². The Kier molecular flexibility index (Phi) is 7.79. The van der Waals surface area contributed by atoms with Gasteiger partial charge >= 0.3 is 0 Å². The number of thiophene rings is 1. The highest BCUT2D eigenvalue weighted by atomic mass is 32.2. The Labute approximate surface area is 220 Å². The van der Waals surface area contributed by atoms with E-state index >= 15 is 0 Å². The lowest BCUT2D eigenvalue weighted by molar-refractivity contribution is -0.115. The number of amides is 1. The lowest BCUT2D eigenvalue weighted by Gasteiger charge is -2.16. The van der Waals surface area contributed by atoms with Crippen LogP contribution in [0.5, 0.6) is 0 Å². The molecule has 0 aliphatic heterocycles. The zero-order chi connectivity index (χ0) is 26.0. The molecule has 1 atom stereocenters. The fourth-order valence-corrected chi connectivity index (χ4v) is 6.58. The van der Waals surface area contributed by atoms with E-state index in [0.717, 1.165) is 30.7 Å². The van der Waals surface area contributed by atoms with E-state index in [2.05, 4.69) is 52.7 Å². The van der Waals surface area contributed by atoms with Gasteiger partial charge in [0.25, 0.3) is 0 Å².